The van der Waals surface area contributed by atoms with Crippen LogP contribution in [0.25, 0.3) is 0 Å². The van der Waals surface area contributed by atoms with Gasteiger partial charge >= 0.3 is 0 Å². The van der Waals surface area contributed by atoms with Crippen molar-refractivity contribution >= 4 is 47.2 Å². The molecule has 2 aromatic carbocycles. The average molecular weight is 531 g/mol. The summed E-state index contributed by atoms with van der Waals surface area (Å²) in [6.45, 7) is 2.55. The number of anilines is 1. The molecule has 0 radical (unpaired) electrons. The highest BCUT2D eigenvalue weighted by molar-refractivity contribution is 14.0. The van der Waals surface area contributed by atoms with Crippen LogP contribution in [0.5, 0.6) is 11.5 Å². The Balaban J connectivity index is 0.00000300. The number of guanidine groups is 1. The Morgan fingerprint density at radius 2 is 1.97 bits per heavy atom. The van der Waals surface area contributed by atoms with Gasteiger partial charge in [0.25, 0.3) is 0 Å². The third-order valence-corrected chi connectivity index (χ3v) is 5.07. The molecule has 1 fully saturated rings. The second kappa shape index (κ2) is 11.3. The third kappa shape index (κ3) is 6.30. The number of nitrogens with one attached hydrogen (secondary N) is 2. The van der Waals surface area contributed by atoms with E-state index in [0.717, 1.165) is 53.2 Å². The van der Waals surface area contributed by atoms with Crippen LogP contribution in [0.15, 0.2) is 47.5 Å². The number of halogens is 2. The van der Waals surface area contributed by atoms with Gasteiger partial charge in [-0.15, -0.1) is 24.0 Å². The molecule has 2 aromatic rings. The zero-order chi connectivity index (χ0) is 19.9. The van der Waals surface area contributed by atoms with Gasteiger partial charge in [-0.2, -0.15) is 0 Å². The van der Waals surface area contributed by atoms with Crippen LogP contribution >= 0.6 is 35.6 Å². The van der Waals surface area contributed by atoms with Crippen LogP contribution in [0.3, 0.4) is 0 Å². The highest BCUT2D eigenvalue weighted by atomic mass is 127. The molecule has 1 aliphatic rings. The summed E-state index contributed by atoms with van der Waals surface area (Å²) in [5.41, 5.74) is 2.25. The van der Waals surface area contributed by atoms with Crippen LogP contribution in [-0.2, 0) is 6.54 Å². The van der Waals surface area contributed by atoms with E-state index in [4.69, 9.17) is 21.1 Å². The first kappa shape index (κ1) is 23.4. The Bertz CT molecular complexity index is 834. The molecule has 6 nitrogen and oxygen atoms in total. The predicted molar refractivity (Wildman–Crippen MR) is 130 cm³/mol. The summed E-state index contributed by atoms with van der Waals surface area (Å²) >= 11 is 6.12. The molecule has 1 saturated heterocycles. The van der Waals surface area contributed by atoms with Crippen LogP contribution in [0.1, 0.15) is 12.0 Å². The fraction of sp³-hybridized carbons (Fsp3) is 0.381. The van der Waals surface area contributed by atoms with Crippen molar-refractivity contribution in [1.29, 1.82) is 0 Å². The van der Waals surface area contributed by atoms with Crippen molar-refractivity contribution in [2.45, 2.75) is 19.0 Å². The van der Waals surface area contributed by atoms with Crippen molar-refractivity contribution in [1.82, 2.24) is 10.6 Å². The predicted octanol–water partition coefficient (Wildman–Crippen LogP) is 3.92. The molecule has 0 aliphatic carbocycles. The molecular weight excluding hydrogens is 503 g/mol. The van der Waals surface area contributed by atoms with Gasteiger partial charge in [0.1, 0.15) is 0 Å². The lowest BCUT2D eigenvalue weighted by atomic mass is 10.2. The summed E-state index contributed by atoms with van der Waals surface area (Å²) in [7, 11) is 5.06. The molecule has 3 rings (SSSR count). The summed E-state index contributed by atoms with van der Waals surface area (Å²) in [6, 6.07) is 14.2. The molecule has 0 spiro atoms. The lowest BCUT2D eigenvalue weighted by Gasteiger charge is -2.20. The standard InChI is InChI=1S/C21H27ClN4O2.HI/c1-23-21(24-13-15-7-8-19(27-2)20(11-15)28-3)25-17-9-10-26(14-17)18-6-4-5-16(22)12-18;/h4-8,11-12,17H,9-10,13-14H2,1-3H3,(H2,23,24,25);1H. The summed E-state index contributed by atoms with van der Waals surface area (Å²) in [5, 5.41) is 7.64. The number of rotatable bonds is 6. The van der Waals surface area contributed by atoms with E-state index in [-0.39, 0.29) is 24.0 Å². The summed E-state index contributed by atoms with van der Waals surface area (Å²) in [4.78, 5) is 6.69. The number of aliphatic imine (C=N–C) groups is 1. The second-order valence-corrected chi connectivity index (χ2v) is 7.11. The van der Waals surface area contributed by atoms with E-state index in [1.54, 1.807) is 21.3 Å². The normalized spacial score (nSPS) is 16.2. The lowest BCUT2D eigenvalue weighted by molar-refractivity contribution is 0.354. The van der Waals surface area contributed by atoms with Gasteiger partial charge in [0, 0.05) is 43.4 Å². The minimum atomic E-state index is 0. The summed E-state index contributed by atoms with van der Waals surface area (Å²) in [6.07, 6.45) is 1.05. The third-order valence-electron chi connectivity index (χ3n) is 4.83. The summed E-state index contributed by atoms with van der Waals surface area (Å²) < 4.78 is 10.7. The van der Waals surface area contributed by atoms with Gasteiger partial charge in [0.2, 0.25) is 0 Å². The molecule has 0 aromatic heterocycles. The van der Waals surface area contributed by atoms with Gasteiger partial charge in [0.15, 0.2) is 17.5 Å². The van der Waals surface area contributed by atoms with E-state index in [2.05, 4.69) is 26.6 Å². The Kier molecular flexibility index (Phi) is 9.16. The highest BCUT2D eigenvalue weighted by Crippen LogP contribution is 2.27. The van der Waals surface area contributed by atoms with Crippen LogP contribution < -0.4 is 25.0 Å². The van der Waals surface area contributed by atoms with Crippen molar-refractivity contribution in [3.8, 4) is 11.5 Å². The highest BCUT2D eigenvalue weighted by Gasteiger charge is 2.23. The topological polar surface area (TPSA) is 58.1 Å². The molecule has 1 heterocycles. The smallest absolute Gasteiger partial charge is 0.191 e. The molecule has 1 aliphatic heterocycles. The minimum Gasteiger partial charge on any atom is -0.493 e. The van der Waals surface area contributed by atoms with Crippen LogP contribution in [0.4, 0.5) is 5.69 Å². The Hall–Kier alpha value is -1.87. The van der Waals surface area contributed by atoms with Gasteiger partial charge < -0.3 is 25.0 Å². The molecule has 158 valence electrons. The molecule has 0 amide bonds. The van der Waals surface area contributed by atoms with Crippen molar-refractivity contribution in [3.05, 3.63) is 53.1 Å². The average Bonchev–Trinajstić information content (AvgIpc) is 3.19. The fourth-order valence-electron chi connectivity index (χ4n) is 3.35. The van der Waals surface area contributed by atoms with Crippen LogP contribution in [0, 0.1) is 0 Å². The number of benzene rings is 2. The first-order valence-electron chi connectivity index (χ1n) is 9.31. The van der Waals surface area contributed by atoms with Crippen molar-refractivity contribution < 1.29 is 9.47 Å². The molecule has 0 bridgehead atoms. The van der Waals surface area contributed by atoms with Crippen LogP contribution in [-0.4, -0.2) is 46.4 Å². The maximum atomic E-state index is 6.12. The zero-order valence-electron chi connectivity index (χ0n) is 16.9. The quantitative estimate of drug-likeness (QED) is 0.337. The van der Waals surface area contributed by atoms with E-state index in [1.807, 2.05) is 36.4 Å². The van der Waals surface area contributed by atoms with E-state index in [9.17, 15) is 0 Å². The molecule has 8 heteroatoms. The molecule has 1 atom stereocenters. The van der Waals surface area contributed by atoms with Gasteiger partial charge in [-0.1, -0.05) is 23.7 Å². The maximum Gasteiger partial charge on any atom is 0.191 e. The fourth-order valence-corrected chi connectivity index (χ4v) is 3.53. The number of hydrogen-bond donors (Lipinski definition) is 2. The number of ether oxygens (including phenoxy) is 2. The van der Waals surface area contributed by atoms with Gasteiger partial charge in [0.05, 0.1) is 14.2 Å². The largest absolute Gasteiger partial charge is 0.493 e. The second-order valence-electron chi connectivity index (χ2n) is 6.67. The number of hydrogen-bond acceptors (Lipinski definition) is 4. The molecule has 2 N–H and O–H groups in total. The molecular formula is C21H28ClIN4O2. The maximum absolute atomic E-state index is 6.12. The van der Waals surface area contributed by atoms with E-state index in [0.29, 0.717) is 12.6 Å². The zero-order valence-corrected chi connectivity index (χ0v) is 20.0. The Labute approximate surface area is 194 Å². The molecule has 1 unspecified atom stereocenters. The SMILES string of the molecule is CN=C(NCc1ccc(OC)c(OC)c1)NC1CCN(c2cccc(Cl)c2)C1.I. The first-order chi connectivity index (χ1) is 13.6. The van der Waals surface area contributed by atoms with Crippen molar-refractivity contribution in [2.75, 3.05) is 39.3 Å². The number of methoxy groups -OCH3 is 2. The van der Waals surface area contributed by atoms with Crippen molar-refractivity contribution in [2.24, 2.45) is 4.99 Å². The van der Waals surface area contributed by atoms with E-state index < -0.39 is 0 Å². The molecule has 0 saturated carbocycles. The van der Waals surface area contributed by atoms with E-state index >= 15 is 0 Å². The van der Waals surface area contributed by atoms with Gasteiger partial charge in [-0.25, -0.2) is 0 Å². The first-order valence-corrected chi connectivity index (χ1v) is 9.69. The lowest BCUT2D eigenvalue weighted by Crippen LogP contribution is -2.44. The monoisotopic (exact) mass is 530 g/mol. The van der Waals surface area contributed by atoms with Crippen LogP contribution in [0.2, 0.25) is 5.02 Å². The molecule has 29 heavy (non-hydrogen) atoms. The Morgan fingerprint density at radius 3 is 2.66 bits per heavy atom. The number of nitrogens with zero attached hydrogens (tertiary/aromatic N) is 2. The van der Waals surface area contributed by atoms with Gasteiger partial charge in [-0.3, -0.25) is 4.99 Å². The van der Waals surface area contributed by atoms with E-state index in [1.165, 1.54) is 0 Å². The van der Waals surface area contributed by atoms with Crippen molar-refractivity contribution in [3.63, 3.8) is 0 Å². The summed E-state index contributed by atoms with van der Waals surface area (Å²) in [5.74, 6) is 2.23. The van der Waals surface area contributed by atoms with Gasteiger partial charge in [-0.05, 0) is 42.3 Å². The Morgan fingerprint density at radius 1 is 1.17 bits per heavy atom. The minimum absolute atomic E-state index is 0.